The summed E-state index contributed by atoms with van der Waals surface area (Å²) in [7, 11) is 0. The average Bonchev–Trinajstić information content (AvgIpc) is 2.84. The third-order valence-corrected chi connectivity index (χ3v) is 5.51. The first-order valence-corrected chi connectivity index (χ1v) is 10.9. The zero-order chi connectivity index (χ0) is 25.1. The predicted molar refractivity (Wildman–Crippen MR) is 129 cm³/mol. The third kappa shape index (κ3) is 4.62. The van der Waals surface area contributed by atoms with E-state index < -0.39 is 23.6 Å². The first-order valence-electron chi connectivity index (χ1n) is 10.9. The Balaban J connectivity index is 1.91. The number of nitrogens with zero attached hydrogens (tertiary/aromatic N) is 2. The molecular weight excluding hydrogens is 452 g/mol. The third-order valence-electron chi connectivity index (χ3n) is 5.51. The highest BCUT2D eigenvalue weighted by atomic mass is 19.1. The Kier molecular flexibility index (Phi) is 6.60. The molecule has 0 aliphatic rings. The van der Waals surface area contributed by atoms with Gasteiger partial charge >= 0.3 is 5.97 Å². The summed E-state index contributed by atoms with van der Waals surface area (Å²) < 4.78 is 35.0. The summed E-state index contributed by atoms with van der Waals surface area (Å²) in [5.74, 6) is -1.72. The minimum absolute atomic E-state index is 0.0157. The van der Waals surface area contributed by atoms with E-state index in [1.165, 1.54) is 31.2 Å². The van der Waals surface area contributed by atoms with Gasteiger partial charge in [-0.05, 0) is 44.2 Å². The van der Waals surface area contributed by atoms with E-state index in [2.05, 4.69) is 10.3 Å². The van der Waals surface area contributed by atoms with Crippen LogP contribution in [0.5, 0.6) is 5.75 Å². The van der Waals surface area contributed by atoms with E-state index in [0.29, 0.717) is 34.6 Å². The molecule has 0 aliphatic carbocycles. The SMILES string of the molecule is CCOc1ccccc1-c1ccc(-c2nc3ccc(F)cc3c(N[C@H](C)C(=O)O)c2C#N)cc1F. The Bertz CT molecular complexity index is 1480. The molecule has 1 aromatic heterocycles. The number of anilines is 1. The molecule has 0 amide bonds. The second kappa shape index (κ2) is 9.77. The smallest absolute Gasteiger partial charge is 0.325 e. The first kappa shape index (κ1) is 23.6. The van der Waals surface area contributed by atoms with Crippen molar-refractivity contribution in [2.75, 3.05) is 11.9 Å². The van der Waals surface area contributed by atoms with Gasteiger partial charge in [0.05, 0.1) is 23.5 Å². The second-order valence-corrected chi connectivity index (χ2v) is 7.81. The van der Waals surface area contributed by atoms with E-state index in [-0.39, 0.29) is 22.3 Å². The number of hydrogen-bond donors (Lipinski definition) is 2. The van der Waals surface area contributed by atoms with E-state index in [0.717, 1.165) is 0 Å². The van der Waals surface area contributed by atoms with Crippen molar-refractivity contribution in [1.82, 2.24) is 4.98 Å². The number of halogens is 2. The molecule has 2 N–H and O–H groups in total. The zero-order valence-electron chi connectivity index (χ0n) is 19.0. The fraction of sp³-hybridized carbons (Fsp3) is 0.148. The second-order valence-electron chi connectivity index (χ2n) is 7.81. The number of pyridine rings is 1. The molecule has 0 fully saturated rings. The predicted octanol–water partition coefficient (Wildman–Crippen LogP) is 6.00. The molecule has 0 unspecified atom stereocenters. The molecule has 8 heteroatoms. The molecule has 3 aromatic carbocycles. The van der Waals surface area contributed by atoms with Gasteiger partial charge < -0.3 is 15.2 Å². The first-order chi connectivity index (χ1) is 16.8. The van der Waals surface area contributed by atoms with E-state index >= 15 is 4.39 Å². The van der Waals surface area contributed by atoms with Gasteiger partial charge in [0, 0.05) is 22.1 Å². The summed E-state index contributed by atoms with van der Waals surface area (Å²) in [6.45, 7) is 3.67. The fourth-order valence-corrected chi connectivity index (χ4v) is 3.83. The highest BCUT2D eigenvalue weighted by Crippen LogP contribution is 2.37. The number of aromatic nitrogens is 1. The van der Waals surface area contributed by atoms with Crippen molar-refractivity contribution >= 4 is 22.6 Å². The number of nitriles is 1. The molecule has 4 aromatic rings. The lowest BCUT2D eigenvalue weighted by molar-refractivity contribution is -0.137. The maximum atomic E-state index is 15.4. The van der Waals surface area contributed by atoms with Crippen LogP contribution >= 0.6 is 0 Å². The van der Waals surface area contributed by atoms with Gasteiger partial charge in [0.15, 0.2) is 0 Å². The highest BCUT2D eigenvalue weighted by Gasteiger charge is 2.22. The molecule has 176 valence electrons. The van der Waals surface area contributed by atoms with Crippen molar-refractivity contribution in [1.29, 1.82) is 5.26 Å². The number of para-hydroxylation sites is 1. The van der Waals surface area contributed by atoms with Gasteiger partial charge in [-0.1, -0.05) is 30.3 Å². The molecule has 35 heavy (non-hydrogen) atoms. The molecule has 0 bridgehead atoms. The van der Waals surface area contributed by atoms with Crippen LogP contribution < -0.4 is 10.1 Å². The molecule has 0 saturated carbocycles. The minimum Gasteiger partial charge on any atom is -0.493 e. The number of ether oxygens (including phenoxy) is 1. The fourth-order valence-electron chi connectivity index (χ4n) is 3.83. The van der Waals surface area contributed by atoms with Crippen LogP contribution in [0.15, 0.2) is 60.7 Å². The van der Waals surface area contributed by atoms with Crippen LogP contribution in [-0.2, 0) is 4.79 Å². The lowest BCUT2D eigenvalue weighted by atomic mass is 9.97. The van der Waals surface area contributed by atoms with E-state index in [1.807, 2.05) is 13.0 Å². The van der Waals surface area contributed by atoms with Gasteiger partial charge in [-0.15, -0.1) is 0 Å². The molecule has 6 nitrogen and oxygen atoms in total. The quantitative estimate of drug-likeness (QED) is 0.342. The molecule has 0 saturated heterocycles. The van der Waals surface area contributed by atoms with Crippen LogP contribution in [0.3, 0.4) is 0 Å². The number of carboxylic acids is 1. The molecule has 0 spiro atoms. The largest absolute Gasteiger partial charge is 0.493 e. The van der Waals surface area contributed by atoms with Crippen LogP contribution in [0.1, 0.15) is 19.4 Å². The van der Waals surface area contributed by atoms with Crippen LogP contribution in [-0.4, -0.2) is 28.7 Å². The van der Waals surface area contributed by atoms with Crippen LogP contribution in [0.25, 0.3) is 33.3 Å². The Hall–Kier alpha value is -4.51. The minimum atomic E-state index is -1.15. The van der Waals surface area contributed by atoms with Gasteiger partial charge in [-0.2, -0.15) is 5.26 Å². The number of nitrogens with one attached hydrogen (secondary N) is 1. The van der Waals surface area contributed by atoms with Crippen LogP contribution in [0.2, 0.25) is 0 Å². The van der Waals surface area contributed by atoms with Gasteiger partial charge in [-0.3, -0.25) is 4.79 Å². The summed E-state index contributed by atoms with van der Waals surface area (Å²) in [6, 6.07) is 16.3. The summed E-state index contributed by atoms with van der Waals surface area (Å²) >= 11 is 0. The number of rotatable bonds is 7. The van der Waals surface area contributed by atoms with Crippen molar-refractivity contribution in [3.8, 4) is 34.2 Å². The standard InChI is InChI=1S/C27H21F2N3O3/c1-3-35-24-7-5-4-6-19(24)18-10-8-16(12-22(18)29)25-21(14-30)26(31-15(2)27(33)34)20-13-17(28)9-11-23(20)32-25/h4-13,15H,3H2,1-2H3,(H,31,32)(H,33,34)/t15-/m1/s1. The van der Waals surface area contributed by atoms with Crippen molar-refractivity contribution in [3.05, 3.63) is 77.9 Å². The summed E-state index contributed by atoms with van der Waals surface area (Å²) in [5, 5.41) is 22.3. The summed E-state index contributed by atoms with van der Waals surface area (Å²) in [6.07, 6.45) is 0. The van der Waals surface area contributed by atoms with Gasteiger partial charge in [0.25, 0.3) is 0 Å². The zero-order valence-corrected chi connectivity index (χ0v) is 19.0. The monoisotopic (exact) mass is 473 g/mol. The molecular formula is C27H21F2N3O3. The number of hydrogen-bond acceptors (Lipinski definition) is 5. The Morgan fingerprint density at radius 3 is 2.60 bits per heavy atom. The average molecular weight is 473 g/mol. The maximum Gasteiger partial charge on any atom is 0.325 e. The molecule has 4 rings (SSSR count). The van der Waals surface area contributed by atoms with Gasteiger partial charge in [0.1, 0.15) is 35.1 Å². The number of aliphatic carboxylic acids is 1. The Morgan fingerprint density at radius 2 is 1.91 bits per heavy atom. The molecule has 0 radical (unpaired) electrons. The lowest BCUT2D eigenvalue weighted by Crippen LogP contribution is -2.26. The van der Waals surface area contributed by atoms with Crippen molar-refractivity contribution in [3.63, 3.8) is 0 Å². The van der Waals surface area contributed by atoms with Crippen molar-refractivity contribution in [2.45, 2.75) is 19.9 Å². The number of fused-ring (bicyclic) bond motifs is 1. The van der Waals surface area contributed by atoms with Gasteiger partial charge in [0.2, 0.25) is 0 Å². The van der Waals surface area contributed by atoms with Crippen molar-refractivity contribution < 1.29 is 23.4 Å². The van der Waals surface area contributed by atoms with E-state index in [9.17, 15) is 19.6 Å². The lowest BCUT2D eigenvalue weighted by Gasteiger charge is -2.18. The topological polar surface area (TPSA) is 95.2 Å². The summed E-state index contributed by atoms with van der Waals surface area (Å²) in [5.41, 5.74) is 1.79. The molecule has 0 aliphatic heterocycles. The van der Waals surface area contributed by atoms with E-state index in [1.54, 1.807) is 36.4 Å². The summed E-state index contributed by atoms with van der Waals surface area (Å²) in [4.78, 5) is 15.9. The van der Waals surface area contributed by atoms with Crippen LogP contribution in [0.4, 0.5) is 14.5 Å². The normalized spacial score (nSPS) is 11.6. The number of carboxylic acid groups (broad SMARTS) is 1. The highest BCUT2D eigenvalue weighted by molar-refractivity contribution is 5.99. The Labute approximate surface area is 200 Å². The Morgan fingerprint density at radius 1 is 1.14 bits per heavy atom. The number of carbonyl (C=O) groups is 1. The molecule has 1 heterocycles. The van der Waals surface area contributed by atoms with Crippen molar-refractivity contribution in [2.24, 2.45) is 0 Å². The van der Waals surface area contributed by atoms with Gasteiger partial charge in [-0.25, -0.2) is 13.8 Å². The maximum absolute atomic E-state index is 15.4. The molecule has 1 atom stereocenters. The number of benzene rings is 3. The van der Waals surface area contributed by atoms with E-state index in [4.69, 9.17) is 4.74 Å². The van der Waals surface area contributed by atoms with Crippen LogP contribution in [0, 0.1) is 23.0 Å².